The molecule has 0 fully saturated rings. The molecule has 0 N–H and O–H groups in total. The summed E-state index contributed by atoms with van der Waals surface area (Å²) in [5, 5.41) is 10.1. The lowest BCUT2D eigenvalue weighted by atomic mass is 9.91. The largest absolute Gasteiger partial charge is 0.465 e. The van der Waals surface area contributed by atoms with E-state index in [1.54, 1.807) is 0 Å². The molecule has 0 saturated heterocycles. The molecule has 0 aromatic rings. The number of nitrogens with zero attached hydrogens (tertiary/aromatic N) is 1. The molecule has 1 rings (SSSR count). The molecule has 1 atom stereocenters. The predicted octanol–water partition coefficient (Wildman–Crippen LogP) is 2.65. The molecule has 1 aliphatic carbocycles. The van der Waals surface area contributed by atoms with Gasteiger partial charge in [-0.1, -0.05) is 17.7 Å². The molecule has 3 nitrogen and oxygen atoms in total. The first-order chi connectivity index (χ1) is 6.29. The molecule has 0 amide bonds. The molecule has 0 saturated carbocycles. The summed E-state index contributed by atoms with van der Waals surface area (Å²) in [6.07, 6.45) is -3.00. The summed E-state index contributed by atoms with van der Waals surface area (Å²) in [5.74, 6) is 0. The number of rotatable bonds is 1. The highest BCUT2D eigenvalue weighted by molar-refractivity contribution is 6.31. The minimum absolute atomic E-state index is 0.273. The molecule has 1 aliphatic rings. The third-order valence-electron chi connectivity index (χ3n) is 1.90. The molecule has 0 heterocycles. The second-order valence-corrected chi connectivity index (χ2v) is 3.25. The molecule has 0 radical (unpaired) electrons. The molecule has 14 heavy (non-hydrogen) atoms. The van der Waals surface area contributed by atoms with Crippen LogP contribution in [0, 0.1) is 10.1 Å². The van der Waals surface area contributed by atoms with Crippen molar-refractivity contribution in [3.05, 3.63) is 33.4 Å². The fourth-order valence-electron chi connectivity index (χ4n) is 1.11. The zero-order valence-corrected chi connectivity index (χ0v) is 7.47. The smallest absolute Gasteiger partial charge is 0.263 e. The van der Waals surface area contributed by atoms with Crippen molar-refractivity contribution in [2.24, 2.45) is 0 Å². The van der Waals surface area contributed by atoms with Crippen LogP contribution in [-0.2, 0) is 0 Å². The van der Waals surface area contributed by atoms with E-state index >= 15 is 0 Å². The van der Waals surface area contributed by atoms with Crippen molar-refractivity contribution >= 4 is 11.6 Å². The Labute approximate surface area is 82.0 Å². The average molecular weight is 228 g/mol. The van der Waals surface area contributed by atoms with Crippen LogP contribution in [0.2, 0.25) is 0 Å². The Morgan fingerprint density at radius 2 is 2.14 bits per heavy atom. The Bertz CT molecular complexity index is 323. The second kappa shape index (κ2) is 3.27. The van der Waals surface area contributed by atoms with Gasteiger partial charge < -0.3 is 0 Å². The van der Waals surface area contributed by atoms with Crippen molar-refractivity contribution in [3.8, 4) is 0 Å². The molecule has 1 unspecified atom stereocenters. The van der Waals surface area contributed by atoms with Gasteiger partial charge in [-0.15, -0.1) is 0 Å². The van der Waals surface area contributed by atoms with Crippen LogP contribution in [0.1, 0.15) is 6.42 Å². The van der Waals surface area contributed by atoms with E-state index in [9.17, 15) is 23.3 Å². The van der Waals surface area contributed by atoms with Crippen LogP contribution in [0.4, 0.5) is 13.2 Å². The highest BCUT2D eigenvalue weighted by Crippen LogP contribution is 2.40. The van der Waals surface area contributed by atoms with Crippen LogP contribution < -0.4 is 0 Å². The van der Waals surface area contributed by atoms with Gasteiger partial charge in [-0.3, -0.25) is 10.1 Å². The van der Waals surface area contributed by atoms with Crippen LogP contribution in [0.3, 0.4) is 0 Å². The summed E-state index contributed by atoms with van der Waals surface area (Å²) >= 11 is 5.32. The molecule has 0 aromatic carbocycles. The van der Waals surface area contributed by atoms with E-state index in [4.69, 9.17) is 11.6 Å². The fourth-order valence-corrected chi connectivity index (χ4v) is 1.38. The van der Waals surface area contributed by atoms with Crippen molar-refractivity contribution in [1.82, 2.24) is 0 Å². The van der Waals surface area contributed by atoms with Crippen molar-refractivity contribution in [2.75, 3.05) is 0 Å². The second-order valence-electron chi connectivity index (χ2n) is 2.81. The third-order valence-corrected chi connectivity index (χ3v) is 2.13. The van der Waals surface area contributed by atoms with E-state index in [-0.39, 0.29) is 5.03 Å². The fraction of sp³-hybridized carbons (Fsp3) is 0.429. The minimum atomic E-state index is -4.94. The molecule has 0 aliphatic heterocycles. The monoisotopic (exact) mass is 227 g/mol. The summed E-state index contributed by atoms with van der Waals surface area (Å²) in [6.45, 7) is 0. The lowest BCUT2D eigenvalue weighted by Gasteiger charge is -2.25. The van der Waals surface area contributed by atoms with Crippen molar-refractivity contribution < 1.29 is 18.1 Å². The van der Waals surface area contributed by atoms with Gasteiger partial charge in [0.2, 0.25) is 0 Å². The topological polar surface area (TPSA) is 43.1 Å². The first-order valence-corrected chi connectivity index (χ1v) is 3.93. The zero-order chi connectivity index (χ0) is 11.0. The van der Waals surface area contributed by atoms with E-state index in [2.05, 4.69) is 0 Å². The van der Waals surface area contributed by atoms with Crippen molar-refractivity contribution in [1.29, 1.82) is 0 Å². The molecular weight excluding hydrogens is 223 g/mol. The molecule has 0 aromatic heterocycles. The van der Waals surface area contributed by atoms with Crippen LogP contribution in [0.25, 0.3) is 0 Å². The maximum atomic E-state index is 12.4. The van der Waals surface area contributed by atoms with Gasteiger partial charge in [-0.25, -0.2) is 0 Å². The first-order valence-electron chi connectivity index (χ1n) is 3.56. The number of halogens is 4. The van der Waals surface area contributed by atoms with Crippen LogP contribution in [-0.4, -0.2) is 16.6 Å². The molecule has 0 spiro atoms. The van der Waals surface area contributed by atoms with E-state index in [0.29, 0.717) is 6.08 Å². The summed E-state index contributed by atoms with van der Waals surface area (Å²) < 4.78 is 37.3. The normalized spacial score (nSPS) is 27.3. The quantitative estimate of drug-likeness (QED) is 0.511. The summed E-state index contributed by atoms with van der Waals surface area (Å²) in [7, 11) is 0. The van der Waals surface area contributed by atoms with Crippen LogP contribution in [0.15, 0.2) is 23.3 Å². The summed E-state index contributed by atoms with van der Waals surface area (Å²) in [5.41, 5.74) is -3.07. The number of alkyl halides is 3. The van der Waals surface area contributed by atoms with Gasteiger partial charge in [0.15, 0.2) is 0 Å². The van der Waals surface area contributed by atoms with Crippen LogP contribution >= 0.6 is 11.6 Å². The highest BCUT2D eigenvalue weighted by atomic mass is 35.5. The highest BCUT2D eigenvalue weighted by Gasteiger charge is 2.64. The third kappa shape index (κ3) is 1.61. The Morgan fingerprint density at radius 3 is 2.43 bits per heavy atom. The number of nitro groups is 1. The van der Waals surface area contributed by atoms with Gasteiger partial charge in [0.25, 0.3) is 0 Å². The molecule has 0 bridgehead atoms. The number of hydrogen-bond acceptors (Lipinski definition) is 2. The lowest BCUT2D eigenvalue weighted by Crippen LogP contribution is -2.50. The summed E-state index contributed by atoms with van der Waals surface area (Å²) in [6, 6.07) is 0. The van der Waals surface area contributed by atoms with E-state index < -0.39 is 23.1 Å². The Kier molecular flexibility index (Phi) is 2.58. The van der Waals surface area contributed by atoms with Gasteiger partial charge in [0, 0.05) is 22.5 Å². The predicted molar refractivity (Wildman–Crippen MR) is 43.5 cm³/mol. The van der Waals surface area contributed by atoms with Gasteiger partial charge in [0.1, 0.15) is 0 Å². The molecule has 78 valence electrons. The minimum Gasteiger partial charge on any atom is -0.263 e. The molecule has 7 heteroatoms. The maximum absolute atomic E-state index is 12.4. The molecular formula is C7H5ClF3NO2. The zero-order valence-electron chi connectivity index (χ0n) is 6.71. The van der Waals surface area contributed by atoms with Crippen LogP contribution in [0.5, 0.6) is 0 Å². The van der Waals surface area contributed by atoms with Crippen molar-refractivity contribution in [3.63, 3.8) is 0 Å². The maximum Gasteiger partial charge on any atom is 0.465 e. The SMILES string of the molecule is O=[N+]([O-])C1(C(F)(F)F)C=C(Cl)C=CC1. The van der Waals surface area contributed by atoms with Gasteiger partial charge in [-0.2, -0.15) is 13.2 Å². The van der Waals surface area contributed by atoms with E-state index in [0.717, 1.165) is 6.08 Å². The average Bonchev–Trinajstić information content (AvgIpc) is 2.01. The standard InChI is InChI=1S/C7H5ClF3NO2/c8-5-2-1-3-6(4-5,12(13)14)7(9,10)11/h1-2,4H,3H2. The Hall–Kier alpha value is -1.04. The van der Waals surface area contributed by atoms with Gasteiger partial charge in [-0.05, 0) is 6.08 Å². The van der Waals surface area contributed by atoms with Crippen molar-refractivity contribution in [2.45, 2.75) is 18.1 Å². The van der Waals surface area contributed by atoms with Gasteiger partial charge >= 0.3 is 11.7 Å². The summed E-state index contributed by atoms with van der Waals surface area (Å²) in [4.78, 5) is 9.05. The number of allylic oxidation sites excluding steroid dienone is 2. The number of hydrogen-bond donors (Lipinski definition) is 0. The first kappa shape index (κ1) is 11.0. The lowest BCUT2D eigenvalue weighted by molar-refractivity contribution is -0.596. The Morgan fingerprint density at radius 1 is 1.57 bits per heavy atom. The van der Waals surface area contributed by atoms with E-state index in [1.807, 2.05) is 0 Å². The Balaban J connectivity index is 3.21. The van der Waals surface area contributed by atoms with E-state index in [1.165, 1.54) is 6.08 Å². The van der Waals surface area contributed by atoms with Gasteiger partial charge in [0.05, 0.1) is 0 Å².